The van der Waals surface area contributed by atoms with E-state index in [0.29, 0.717) is 12.3 Å². The number of nitrogens with one attached hydrogen (secondary N) is 1. The lowest BCUT2D eigenvalue weighted by Gasteiger charge is -2.28. The van der Waals surface area contributed by atoms with E-state index in [1.807, 2.05) is 0 Å². The van der Waals surface area contributed by atoms with Crippen molar-refractivity contribution in [2.24, 2.45) is 5.92 Å². The van der Waals surface area contributed by atoms with Crippen LogP contribution in [0.25, 0.3) is 0 Å². The van der Waals surface area contributed by atoms with Crippen LogP contribution in [-0.2, 0) is 4.79 Å². The molecule has 0 unspecified atom stereocenters. The Labute approximate surface area is 74.1 Å². The zero-order chi connectivity index (χ0) is 8.97. The van der Waals surface area contributed by atoms with E-state index < -0.39 is 0 Å². The Morgan fingerprint density at radius 1 is 1.58 bits per heavy atom. The molecule has 3 heteroatoms. The second kappa shape index (κ2) is 4.45. The first kappa shape index (κ1) is 9.52. The Morgan fingerprint density at radius 2 is 2.33 bits per heavy atom. The summed E-state index contributed by atoms with van der Waals surface area (Å²) in [5.41, 5.74) is 3.11. The Bertz CT molecular complexity index is 157. The molecule has 0 aromatic heterocycles. The minimum atomic E-state index is 0.252. The molecule has 1 rings (SSSR count). The fourth-order valence-electron chi connectivity index (χ4n) is 1.27. The first-order valence-electron chi connectivity index (χ1n) is 4.74. The van der Waals surface area contributed by atoms with Gasteiger partial charge in [0, 0.05) is 19.5 Å². The molecule has 0 bridgehead atoms. The Hall–Kier alpha value is -0.570. The van der Waals surface area contributed by atoms with Crippen LogP contribution in [0.4, 0.5) is 0 Å². The number of carbonyl (C=O) groups is 1. The minimum Gasteiger partial charge on any atom is -0.278 e. The van der Waals surface area contributed by atoms with Gasteiger partial charge >= 0.3 is 0 Å². The summed E-state index contributed by atoms with van der Waals surface area (Å²) in [6, 6.07) is 0. The van der Waals surface area contributed by atoms with Gasteiger partial charge < -0.3 is 0 Å². The molecule has 0 atom stereocenters. The van der Waals surface area contributed by atoms with E-state index in [-0.39, 0.29) is 5.91 Å². The van der Waals surface area contributed by atoms with Crippen molar-refractivity contribution in [1.82, 2.24) is 10.4 Å². The Kier molecular flexibility index (Phi) is 3.53. The number of amides is 1. The maximum absolute atomic E-state index is 11.3. The molecule has 0 aromatic carbocycles. The third-order valence-corrected chi connectivity index (χ3v) is 2.10. The van der Waals surface area contributed by atoms with Crippen molar-refractivity contribution in [3.63, 3.8) is 0 Å². The van der Waals surface area contributed by atoms with Gasteiger partial charge in [-0.05, 0) is 18.8 Å². The lowest BCUT2D eigenvalue weighted by molar-refractivity contribution is -0.137. The number of rotatable bonds is 3. The fraction of sp³-hybridized carbons (Fsp3) is 0.889. The van der Waals surface area contributed by atoms with Gasteiger partial charge in [-0.2, -0.15) is 0 Å². The van der Waals surface area contributed by atoms with Gasteiger partial charge in [-0.3, -0.25) is 9.80 Å². The SMILES string of the molecule is CC(C)CCN1NCCCC1=O. The predicted molar refractivity (Wildman–Crippen MR) is 48.4 cm³/mol. The van der Waals surface area contributed by atoms with Gasteiger partial charge in [-0.15, -0.1) is 0 Å². The van der Waals surface area contributed by atoms with Gasteiger partial charge in [-0.25, -0.2) is 5.43 Å². The van der Waals surface area contributed by atoms with Crippen molar-refractivity contribution >= 4 is 5.91 Å². The third kappa shape index (κ3) is 2.81. The topological polar surface area (TPSA) is 32.3 Å². The Morgan fingerprint density at radius 3 is 2.92 bits per heavy atom. The van der Waals surface area contributed by atoms with Gasteiger partial charge in [0.15, 0.2) is 0 Å². The average Bonchev–Trinajstić information content (AvgIpc) is 2.03. The van der Waals surface area contributed by atoms with E-state index in [0.717, 1.165) is 25.9 Å². The van der Waals surface area contributed by atoms with E-state index in [2.05, 4.69) is 19.3 Å². The lowest BCUT2D eigenvalue weighted by atomic mass is 10.1. The van der Waals surface area contributed by atoms with Crippen LogP contribution in [0.3, 0.4) is 0 Å². The van der Waals surface area contributed by atoms with Crippen molar-refractivity contribution in [2.45, 2.75) is 33.1 Å². The summed E-state index contributed by atoms with van der Waals surface area (Å²) < 4.78 is 0. The van der Waals surface area contributed by atoms with Gasteiger partial charge in [0.2, 0.25) is 5.91 Å². The van der Waals surface area contributed by atoms with E-state index in [1.54, 1.807) is 5.01 Å². The summed E-state index contributed by atoms with van der Waals surface area (Å²) >= 11 is 0. The quantitative estimate of drug-likeness (QED) is 0.689. The number of carbonyl (C=O) groups excluding carboxylic acids is 1. The zero-order valence-corrected chi connectivity index (χ0v) is 7.97. The van der Waals surface area contributed by atoms with E-state index in [9.17, 15) is 4.79 Å². The van der Waals surface area contributed by atoms with Crippen molar-refractivity contribution in [3.8, 4) is 0 Å². The summed E-state index contributed by atoms with van der Waals surface area (Å²) in [5, 5.41) is 1.77. The summed E-state index contributed by atoms with van der Waals surface area (Å²) in [6.07, 6.45) is 2.78. The van der Waals surface area contributed by atoms with Crippen LogP contribution in [0, 0.1) is 5.92 Å². The van der Waals surface area contributed by atoms with Gasteiger partial charge in [0.05, 0.1) is 0 Å². The summed E-state index contributed by atoms with van der Waals surface area (Å²) in [7, 11) is 0. The van der Waals surface area contributed by atoms with E-state index in [1.165, 1.54) is 0 Å². The van der Waals surface area contributed by atoms with Crippen LogP contribution < -0.4 is 5.43 Å². The van der Waals surface area contributed by atoms with E-state index >= 15 is 0 Å². The number of nitrogens with zero attached hydrogens (tertiary/aromatic N) is 1. The van der Waals surface area contributed by atoms with Crippen LogP contribution in [0.5, 0.6) is 0 Å². The second-order valence-corrected chi connectivity index (χ2v) is 3.74. The molecule has 1 aliphatic heterocycles. The van der Waals surface area contributed by atoms with Crippen molar-refractivity contribution in [2.75, 3.05) is 13.1 Å². The molecule has 1 heterocycles. The molecule has 0 spiro atoms. The maximum atomic E-state index is 11.3. The molecule has 3 nitrogen and oxygen atoms in total. The van der Waals surface area contributed by atoms with Gasteiger partial charge in [0.25, 0.3) is 0 Å². The lowest BCUT2D eigenvalue weighted by Crippen LogP contribution is -2.47. The largest absolute Gasteiger partial charge is 0.278 e. The van der Waals surface area contributed by atoms with Gasteiger partial charge in [-0.1, -0.05) is 13.8 Å². The smallest absolute Gasteiger partial charge is 0.236 e. The second-order valence-electron chi connectivity index (χ2n) is 3.74. The van der Waals surface area contributed by atoms with Crippen molar-refractivity contribution in [3.05, 3.63) is 0 Å². The molecular weight excluding hydrogens is 152 g/mol. The van der Waals surface area contributed by atoms with Crippen LogP contribution in [0.2, 0.25) is 0 Å². The molecule has 0 aromatic rings. The summed E-state index contributed by atoms with van der Waals surface area (Å²) in [4.78, 5) is 11.3. The van der Waals surface area contributed by atoms with Crippen LogP contribution in [0.1, 0.15) is 33.1 Å². The first-order valence-corrected chi connectivity index (χ1v) is 4.74. The molecule has 1 saturated heterocycles. The summed E-state index contributed by atoms with van der Waals surface area (Å²) in [5.74, 6) is 0.920. The fourth-order valence-corrected chi connectivity index (χ4v) is 1.27. The normalized spacial score (nSPS) is 18.9. The van der Waals surface area contributed by atoms with Gasteiger partial charge in [0.1, 0.15) is 0 Å². The first-order chi connectivity index (χ1) is 5.70. The van der Waals surface area contributed by atoms with Crippen molar-refractivity contribution < 1.29 is 4.79 Å². The van der Waals surface area contributed by atoms with Crippen molar-refractivity contribution in [1.29, 1.82) is 0 Å². The van der Waals surface area contributed by atoms with Crippen LogP contribution in [0.15, 0.2) is 0 Å². The van der Waals surface area contributed by atoms with E-state index in [4.69, 9.17) is 0 Å². The minimum absolute atomic E-state index is 0.252. The molecule has 1 aliphatic rings. The predicted octanol–water partition coefficient (Wildman–Crippen LogP) is 1.16. The van der Waals surface area contributed by atoms with Crippen LogP contribution >= 0.6 is 0 Å². The standard InChI is InChI=1S/C9H18N2O/c1-8(2)5-7-11-9(12)4-3-6-10-11/h8,10H,3-7H2,1-2H3. The molecule has 12 heavy (non-hydrogen) atoms. The average molecular weight is 170 g/mol. The highest BCUT2D eigenvalue weighted by Gasteiger charge is 2.16. The maximum Gasteiger partial charge on any atom is 0.236 e. The molecule has 1 N–H and O–H groups in total. The monoisotopic (exact) mass is 170 g/mol. The highest BCUT2D eigenvalue weighted by molar-refractivity contribution is 5.76. The zero-order valence-electron chi connectivity index (χ0n) is 7.97. The molecule has 0 radical (unpaired) electrons. The molecule has 1 fully saturated rings. The molecule has 70 valence electrons. The summed E-state index contributed by atoms with van der Waals surface area (Å²) in [6.45, 7) is 6.16. The third-order valence-electron chi connectivity index (χ3n) is 2.10. The highest BCUT2D eigenvalue weighted by Crippen LogP contribution is 2.05. The molecule has 0 saturated carbocycles. The molecule has 1 amide bonds. The molecule has 0 aliphatic carbocycles. The Balaban J connectivity index is 2.25. The van der Waals surface area contributed by atoms with Crippen LogP contribution in [-0.4, -0.2) is 24.0 Å². The number of hydrogen-bond acceptors (Lipinski definition) is 2. The highest BCUT2D eigenvalue weighted by atomic mass is 16.2. The number of hydrazine groups is 1. The molecular formula is C9H18N2O. The number of hydrogen-bond donors (Lipinski definition) is 1.